The van der Waals surface area contributed by atoms with Gasteiger partial charge >= 0.3 is 0 Å². The van der Waals surface area contributed by atoms with E-state index >= 15 is 0 Å². The first-order valence-corrected chi connectivity index (χ1v) is 7.41. The van der Waals surface area contributed by atoms with E-state index in [1.54, 1.807) is 11.0 Å². The number of aromatic amines is 1. The van der Waals surface area contributed by atoms with E-state index in [2.05, 4.69) is 26.4 Å². The van der Waals surface area contributed by atoms with E-state index in [4.69, 9.17) is 0 Å². The minimum absolute atomic E-state index is 0.00169. The summed E-state index contributed by atoms with van der Waals surface area (Å²) in [7, 11) is 0. The molecule has 0 radical (unpaired) electrons. The van der Waals surface area contributed by atoms with Crippen molar-refractivity contribution >= 4 is 16.8 Å². The topological polar surface area (TPSA) is 75.6 Å². The average molecular weight is 297 g/mol. The first kappa shape index (κ1) is 14.3. The number of benzene rings is 1. The van der Waals surface area contributed by atoms with Crippen LogP contribution >= 0.6 is 0 Å². The number of hydrogen-bond donors (Lipinski definition) is 2. The predicted octanol–water partition coefficient (Wildman–Crippen LogP) is 2.42. The van der Waals surface area contributed by atoms with Crippen LogP contribution in [-0.4, -0.2) is 25.7 Å². The van der Waals surface area contributed by atoms with Crippen molar-refractivity contribution in [1.82, 2.24) is 25.1 Å². The minimum atomic E-state index is -0.00169. The molecule has 2 aromatic heterocycles. The lowest BCUT2D eigenvalue weighted by Gasteiger charge is -2.14. The van der Waals surface area contributed by atoms with Gasteiger partial charge in [-0.25, -0.2) is 4.98 Å². The van der Waals surface area contributed by atoms with Crippen LogP contribution in [0.2, 0.25) is 0 Å². The highest BCUT2D eigenvalue weighted by Crippen LogP contribution is 2.19. The second-order valence-electron chi connectivity index (χ2n) is 5.38. The van der Waals surface area contributed by atoms with Gasteiger partial charge in [0.2, 0.25) is 5.91 Å². The van der Waals surface area contributed by atoms with Crippen LogP contribution in [0.5, 0.6) is 0 Å². The highest BCUT2D eigenvalue weighted by molar-refractivity contribution is 5.80. The van der Waals surface area contributed by atoms with E-state index in [-0.39, 0.29) is 11.9 Å². The molecule has 114 valence electrons. The maximum atomic E-state index is 12.0. The highest BCUT2D eigenvalue weighted by Gasteiger charge is 2.10. The molecule has 2 heterocycles. The third-order valence-electron chi connectivity index (χ3n) is 3.71. The predicted molar refractivity (Wildman–Crippen MR) is 84.1 cm³/mol. The zero-order chi connectivity index (χ0) is 15.4. The molecular formula is C16H19N5O. The smallest absolute Gasteiger partial charge is 0.220 e. The lowest BCUT2D eigenvalue weighted by atomic mass is 10.1. The maximum Gasteiger partial charge on any atom is 0.220 e. The maximum absolute atomic E-state index is 12.0. The van der Waals surface area contributed by atoms with Gasteiger partial charge in [-0.15, -0.1) is 0 Å². The van der Waals surface area contributed by atoms with Crippen LogP contribution < -0.4 is 5.32 Å². The molecule has 0 spiro atoms. The van der Waals surface area contributed by atoms with Crippen LogP contribution in [0, 0.1) is 0 Å². The van der Waals surface area contributed by atoms with Gasteiger partial charge in [0, 0.05) is 24.7 Å². The molecule has 0 aliphatic rings. The van der Waals surface area contributed by atoms with Crippen molar-refractivity contribution in [3.05, 3.63) is 48.7 Å². The van der Waals surface area contributed by atoms with Gasteiger partial charge < -0.3 is 10.3 Å². The van der Waals surface area contributed by atoms with Crippen molar-refractivity contribution < 1.29 is 4.79 Å². The van der Waals surface area contributed by atoms with Crippen LogP contribution in [0.3, 0.4) is 0 Å². The summed E-state index contributed by atoms with van der Waals surface area (Å²) in [4.78, 5) is 19.1. The normalized spacial score (nSPS) is 12.4. The lowest BCUT2D eigenvalue weighted by molar-refractivity contribution is -0.121. The first-order chi connectivity index (χ1) is 10.7. The van der Waals surface area contributed by atoms with Crippen LogP contribution in [0.15, 0.2) is 43.1 Å². The summed E-state index contributed by atoms with van der Waals surface area (Å²) in [6, 6.07) is 8.22. The fourth-order valence-corrected chi connectivity index (χ4v) is 2.49. The molecule has 1 aromatic carbocycles. The standard InChI is InChI=1S/C16H19N5O/c1-12(13-4-5-15-14(9-13)6-7-18-15)20-16(22)3-2-8-21-11-17-10-19-21/h4-7,9-12,18H,2-3,8H2,1H3,(H,20,22). The minimum Gasteiger partial charge on any atom is -0.361 e. The monoisotopic (exact) mass is 297 g/mol. The molecule has 6 heteroatoms. The van der Waals surface area contributed by atoms with Crippen molar-refractivity contribution in [1.29, 1.82) is 0 Å². The number of carbonyl (C=O) groups excluding carboxylic acids is 1. The molecule has 0 saturated carbocycles. The Bertz CT molecular complexity index is 747. The number of amides is 1. The number of aryl methyl sites for hydroxylation is 1. The molecule has 0 aliphatic heterocycles. The summed E-state index contributed by atoms with van der Waals surface area (Å²) in [6.07, 6.45) is 6.31. The largest absolute Gasteiger partial charge is 0.361 e. The summed E-state index contributed by atoms with van der Waals surface area (Å²) < 4.78 is 1.73. The van der Waals surface area contributed by atoms with Crippen LogP contribution in [-0.2, 0) is 11.3 Å². The fourth-order valence-electron chi connectivity index (χ4n) is 2.49. The van der Waals surface area contributed by atoms with Gasteiger partial charge in [-0.1, -0.05) is 6.07 Å². The molecule has 2 N–H and O–H groups in total. The van der Waals surface area contributed by atoms with E-state index in [9.17, 15) is 4.79 Å². The molecular weight excluding hydrogens is 278 g/mol. The number of nitrogens with zero attached hydrogens (tertiary/aromatic N) is 3. The number of carbonyl (C=O) groups is 1. The Balaban J connectivity index is 1.51. The summed E-state index contributed by atoms with van der Waals surface area (Å²) in [6.45, 7) is 2.71. The number of hydrogen-bond acceptors (Lipinski definition) is 3. The molecule has 1 atom stereocenters. The third kappa shape index (κ3) is 3.33. The van der Waals surface area contributed by atoms with Gasteiger partial charge in [0.1, 0.15) is 12.7 Å². The molecule has 1 amide bonds. The molecule has 0 saturated heterocycles. The number of rotatable bonds is 6. The SMILES string of the molecule is CC(NC(=O)CCCn1cncn1)c1ccc2[nH]ccc2c1. The number of nitrogens with one attached hydrogen (secondary N) is 2. The summed E-state index contributed by atoms with van der Waals surface area (Å²) in [5, 5.41) is 8.21. The summed E-state index contributed by atoms with van der Waals surface area (Å²) in [5.74, 6) is 0.0572. The van der Waals surface area contributed by atoms with E-state index in [1.807, 2.05) is 31.3 Å². The second-order valence-corrected chi connectivity index (χ2v) is 5.38. The van der Waals surface area contributed by atoms with Crippen LogP contribution in [0.25, 0.3) is 10.9 Å². The van der Waals surface area contributed by atoms with Gasteiger partial charge in [-0.3, -0.25) is 9.48 Å². The lowest BCUT2D eigenvalue weighted by Crippen LogP contribution is -2.26. The van der Waals surface area contributed by atoms with Crippen LogP contribution in [0.4, 0.5) is 0 Å². The second kappa shape index (κ2) is 6.43. The van der Waals surface area contributed by atoms with Crippen molar-refractivity contribution in [3.8, 4) is 0 Å². The van der Waals surface area contributed by atoms with E-state index in [0.717, 1.165) is 22.9 Å². The van der Waals surface area contributed by atoms with Crippen molar-refractivity contribution in [2.45, 2.75) is 32.4 Å². The number of fused-ring (bicyclic) bond motifs is 1. The van der Waals surface area contributed by atoms with E-state index in [0.29, 0.717) is 13.0 Å². The summed E-state index contributed by atoms with van der Waals surface area (Å²) in [5.41, 5.74) is 2.21. The first-order valence-electron chi connectivity index (χ1n) is 7.41. The van der Waals surface area contributed by atoms with Gasteiger partial charge in [-0.05, 0) is 42.5 Å². The molecule has 22 heavy (non-hydrogen) atoms. The van der Waals surface area contributed by atoms with Crippen molar-refractivity contribution in [3.63, 3.8) is 0 Å². The van der Waals surface area contributed by atoms with Crippen molar-refractivity contribution in [2.24, 2.45) is 0 Å². The fraction of sp³-hybridized carbons (Fsp3) is 0.312. The van der Waals surface area contributed by atoms with Gasteiger partial charge in [0.25, 0.3) is 0 Å². The molecule has 6 nitrogen and oxygen atoms in total. The Kier molecular flexibility index (Phi) is 4.18. The van der Waals surface area contributed by atoms with Crippen molar-refractivity contribution in [2.75, 3.05) is 0 Å². The Morgan fingerprint density at radius 3 is 3.14 bits per heavy atom. The molecule has 1 unspecified atom stereocenters. The quantitative estimate of drug-likeness (QED) is 0.733. The molecule has 3 rings (SSSR count). The molecule has 0 aliphatic carbocycles. The Labute approximate surface area is 128 Å². The zero-order valence-corrected chi connectivity index (χ0v) is 12.5. The van der Waals surface area contributed by atoms with Gasteiger partial charge in [-0.2, -0.15) is 5.10 Å². The third-order valence-corrected chi connectivity index (χ3v) is 3.71. The summed E-state index contributed by atoms with van der Waals surface area (Å²) >= 11 is 0. The molecule has 3 aromatic rings. The Morgan fingerprint density at radius 2 is 2.32 bits per heavy atom. The highest BCUT2D eigenvalue weighted by atomic mass is 16.1. The van der Waals surface area contributed by atoms with E-state index < -0.39 is 0 Å². The van der Waals surface area contributed by atoms with Crippen LogP contribution in [0.1, 0.15) is 31.4 Å². The molecule has 0 fully saturated rings. The Morgan fingerprint density at radius 1 is 1.41 bits per heavy atom. The van der Waals surface area contributed by atoms with E-state index in [1.165, 1.54) is 6.33 Å². The molecule has 0 bridgehead atoms. The number of aromatic nitrogens is 4. The zero-order valence-electron chi connectivity index (χ0n) is 12.5. The average Bonchev–Trinajstić information content (AvgIpc) is 3.17. The van der Waals surface area contributed by atoms with Gasteiger partial charge in [0.15, 0.2) is 0 Å². The Hall–Kier alpha value is -2.63. The number of H-pyrrole nitrogens is 1. The van der Waals surface area contributed by atoms with Gasteiger partial charge in [0.05, 0.1) is 6.04 Å².